The molecule has 6 nitrogen and oxygen atoms in total. The first-order valence-electron chi connectivity index (χ1n) is 11.3. The molecule has 38 heavy (non-hydrogen) atoms. The highest BCUT2D eigenvalue weighted by atomic mass is 35.5. The van der Waals surface area contributed by atoms with E-state index in [1.54, 1.807) is 18.2 Å². The number of benzene rings is 3. The van der Waals surface area contributed by atoms with Crippen LogP contribution in [0.15, 0.2) is 66.7 Å². The fourth-order valence-corrected chi connectivity index (χ4v) is 3.85. The topological polar surface area (TPSA) is 84.9 Å². The minimum Gasteiger partial charge on any atom is -0.496 e. The van der Waals surface area contributed by atoms with Gasteiger partial charge in [0.2, 0.25) is 0 Å². The van der Waals surface area contributed by atoms with Crippen molar-refractivity contribution >= 4 is 23.5 Å². The van der Waals surface area contributed by atoms with E-state index in [-0.39, 0.29) is 23.6 Å². The maximum absolute atomic E-state index is 13.2. The predicted molar refractivity (Wildman–Crippen MR) is 133 cm³/mol. The molecule has 0 aliphatic rings. The molecule has 11 heteroatoms. The van der Waals surface area contributed by atoms with E-state index >= 15 is 0 Å². The number of aliphatic carboxylic acids is 1. The zero-order valence-electron chi connectivity index (χ0n) is 20.1. The molecule has 0 aliphatic heterocycles. The smallest absolute Gasteiger partial charge is 0.333 e. The van der Waals surface area contributed by atoms with Crippen LogP contribution in [-0.4, -0.2) is 49.2 Å². The van der Waals surface area contributed by atoms with Gasteiger partial charge in [-0.25, -0.2) is 13.6 Å². The number of ether oxygens (including phenoxy) is 2. The van der Waals surface area contributed by atoms with Crippen molar-refractivity contribution in [3.05, 3.63) is 88.4 Å². The average Bonchev–Trinajstić information content (AvgIpc) is 2.89. The molecule has 1 amide bonds. The average molecular weight is 554 g/mol. The first-order valence-corrected chi connectivity index (χ1v) is 11.7. The molecular weight excluding hydrogens is 530 g/mol. The number of methoxy groups -OCH3 is 1. The number of carbonyl (C=O) groups is 2. The van der Waals surface area contributed by atoms with Gasteiger partial charge in [-0.05, 0) is 34.9 Å². The Balaban J connectivity index is 1.71. The third-order valence-electron chi connectivity index (χ3n) is 5.60. The maximum Gasteiger partial charge on any atom is 0.333 e. The van der Waals surface area contributed by atoms with Crippen LogP contribution >= 0.6 is 11.6 Å². The Morgan fingerprint density at radius 1 is 1.03 bits per heavy atom. The third-order valence-corrected chi connectivity index (χ3v) is 5.91. The highest BCUT2D eigenvalue weighted by Crippen LogP contribution is 2.27. The van der Waals surface area contributed by atoms with Gasteiger partial charge in [-0.15, -0.1) is 0 Å². The van der Waals surface area contributed by atoms with Crippen LogP contribution in [0.3, 0.4) is 0 Å². The number of carboxylic acid groups (broad SMARTS) is 1. The minimum absolute atomic E-state index is 0.0331. The Morgan fingerprint density at radius 3 is 2.34 bits per heavy atom. The molecule has 202 valence electrons. The number of amides is 1. The summed E-state index contributed by atoms with van der Waals surface area (Å²) < 4.78 is 61.0. The van der Waals surface area contributed by atoms with Crippen molar-refractivity contribution in [1.82, 2.24) is 5.32 Å². The summed E-state index contributed by atoms with van der Waals surface area (Å²) in [6.45, 7) is -1.78. The zero-order chi connectivity index (χ0) is 27.9. The van der Waals surface area contributed by atoms with Crippen LogP contribution in [0.1, 0.15) is 21.5 Å². The van der Waals surface area contributed by atoms with Gasteiger partial charge in [0.1, 0.15) is 12.4 Å². The van der Waals surface area contributed by atoms with Crippen molar-refractivity contribution in [1.29, 1.82) is 0 Å². The van der Waals surface area contributed by atoms with Gasteiger partial charge < -0.3 is 19.9 Å². The number of halogens is 5. The standard InChI is InChI=1S/C27H24ClF4NO5/c1-37-22-10-7-16(12-23(25(35)36)38-15-27(31,32)26(29)30)11-19(22)14-33-24(34)20-9-8-18(13-21(20)28)17-5-3-2-4-6-17/h2-11,13,23,26H,12,14-15H2,1H3,(H,33,34)(H,35,36). The number of hydrogen-bond acceptors (Lipinski definition) is 4. The van der Waals surface area contributed by atoms with Gasteiger partial charge in [0.05, 0.1) is 17.7 Å². The first kappa shape index (κ1) is 28.9. The fraction of sp³-hybridized carbons (Fsp3) is 0.259. The summed E-state index contributed by atoms with van der Waals surface area (Å²) in [6.07, 6.45) is -6.17. The number of nitrogens with one attached hydrogen (secondary N) is 1. The van der Waals surface area contributed by atoms with Crippen LogP contribution in [0, 0.1) is 0 Å². The molecule has 0 fully saturated rings. The summed E-state index contributed by atoms with van der Waals surface area (Å²) >= 11 is 6.35. The summed E-state index contributed by atoms with van der Waals surface area (Å²) in [6, 6.07) is 19.0. The lowest BCUT2D eigenvalue weighted by Crippen LogP contribution is -2.37. The SMILES string of the molecule is COc1ccc(CC(OCC(F)(F)C(F)F)C(=O)O)cc1CNC(=O)c1ccc(-c2ccccc2)cc1Cl. The van der Waals surface area contributed by atoms with Crippen LogP contribution < -0.4 is 10.1 Å². The Labute approximate surface area is 221 Å². The zero-order valence-corrected chi connectivity index (χ0v) is 20.9. The van der Waals surface area contributed by atoms with Gasteiger partial charge in [0, 0.05) is 18.5 Å². The van der Waals surface area contributed by atoms with E-state index < -0.39 is 36.9 Å². The minimum atomic E-state index is -4.48. The summed E-state index contributed by atoms with van der Waals surface area (Å²) in [7, 11) is 1.40. The fourth-order valence-electron chi connectivity index (χ4n) is 3.58. The van der Waals surface area contributed by atoms with E-state index in [1.807, 2.05) is 30.3 Å². The molecule has 1 unspecified atom stereocenters. The monoisotopic (exact) mass is 553 g/mol. The normalized spacial score (nSPS) is 12.3. The molecule has 0 bridgehead atoms. The third kappa shape index (κ3) is 7.45. The van der Waals surface area contributed by atoms with Gasteiger partial charge >= 0.3 is 18.3 Å². The van der Waals surface area contributed by atoms with E-state index in [9.17, 15) is 32.3 Å². The molecule has 3 rings (SSSR count). The van der Waals surface area contributed by atoms with Gasteiger partial charge in [0.25, 0.3) is 5.91 Å². The van der Waals surface area contributed by atoms with Gasteiger partial charge in [-0.3, -0.25) is 4.79 Å². The summed E-state index contributed by atoms with van der Waals surface area (Å²) in [5.41, 5.74) is 2.80. The van der Waals surface area contributed by atoms with E-state index in [0.717, 1.165) is 11.1 Å². The van der Waals surface area contributed by atoms with Crippen molar-refractivity contribution in [3.63, 3.8) is 0 Å². The summed E-state index contributed by atoms with van der Waals surface area (Å²) in [5, 5.41) is 12.3. The van der Waals surface area contributed by atoms with Crippen molar-refractivity contribution in [2.24, 2.45) is 0 Å². The Kier molecular flexibility index (Phi) is 9.71. The molecule has 1 atom stereocenters. The number of rotatable bonds is 12. The Morgan fingerprint density at radius 2 is 1.74 bits per heavy atom. The molecule has 2 N–H and O–H groups in total. The molecule has 0 radical (unpaired) electrons. The van der Waals surface area contributed by atoms with Gasteiger partial charge in [-0.1, -0.05) is 60.1 Å². The lowest BCUT2D eigenvalue weighted by atomic mass is 10.0. The largest absolute Gasteiger partial charge is 0.496 e. The lowest BCUT2D eigenvalue weighted by Gasteiger charge is -2.20. The molecule has 0 aromatic heterocycles. The van der Waals surface area contributed by atoms with Crippen molar-refractivity contribution in [2.75, 3.05) is 13.7 Å². The van der Waals surface area contributed by atoms with Crippen molar-refractivity contribution < 1.29 is 41.7 Å². The summed E-state index contributed by atoms with van der Waals surface area (Å²) in [5.74, 6) is -6.17. The van der Waals surface area contributed by atoms with Crippen LogP contribution in [0.4, 0.5) is 17.6 Å². The van der Waals surface area contributed by atoms with Crippen molar-refractivity contribution in [3.8, 4) is 16.9 Å². The quantitative estimate of drug-likeness (QED) is 0.275. The predicted octanol–water partition coefficient (Wildman–Crippen LogP) is 5.86. The molecule has 3 aromatic carbocycles. The molecule has 3 aromatic rings. The number of alkyl halides is 4. The first-order chi connectivity index (χ1) is 18.0. The lowest BCUT2D eigenvalue weighted by molar-refractivity contribution is -0.185. The van der Waals surface area contributed by atoms with Crippen molar-refractivity contribution in [2.45, 2.75) is 31.4 Å². The second-order valence-corrected chi connectivity index (χ2v) is 8.70. The molecule has 0 saturated carbocycles. The maximum atomic E-state index is 13.2. The van der Waals surface area contributed by atoms with E-state index in [1.165, 1.54) is 25.3 Å². The highest BCUT2D eigenvalue weighted by Gasteiger charge is 2.42. The van der Waals surface area contributed by atoms with Crippen LogP contribution in [-0.2, 0) is 22.5 Å². The highest BCUT2D eigenvalue weighted by molar-refractivity contribution is 6.34. The molecule has 0 saturated heterocycles. The van der Waals surface area contributed by atoms with E-state index in [4.69, 9.17) is 16.3 Å². The number of hydrogen-bond donors (Lipinski definition) is 2. The van der Waals surface area contributed by atoms with Gasteiger partial charge in [0.15, 0.2) is 6.10 Å². The number of carbonyl (C=O) groups excluding carboxylic acids is 1. The van der Waals surface area contributed by atoms with E-state index in [2.05, 4.69) is 10.1 Å². The molecule has 0 spiro atoms. The van der Waals surface area contributed by atoms with Crippen LogP contribution in [0.2, 0.25) is 5.02 Å². The molecule has 0 aliphatic carbocycles. The molecular formula is C27H24ClF4NO5. The molecule has 0 heterocycles. The Hall–Kier alpha value is -3.63. The second kappa shape index (κ2) is 12.7. The summed E-state index contributed by atoms with van der Waals surface area (Å²) in [4.78, 5) is 24.3. The van der Waals surface area contributed by atoms with E-state index in [0.29, 0.717) is 16.9 Å². The number of carboxylic acids is 1. The second-order valence-electron chi connectivity index (χ2n) is 8.29. The van der Waals surface area contributed by atoms with Crippen LogP contribution in [0.25, 0.3) is 11.1 Å². The van der Waals surface area contributed by atoms with Gasteiger partial charge in [-0.2, -0.15) is 8.78 Å². The Bertz CT molecular complexity index is 1270. The van der Waals surface area contributed by atoms with Crippen LogP contribution in [0.5, 0.6) is 5.75 Å².